The van der Waals surface area contributed by atoms with E-state index in [0.717, 1.165) is 18.4 Å². The molecule has 1 aliphatic rings. The van der Waals surface area contributed by atoms with Gasteiger partial charge in [0, 0.05) is 11.6 Å². The summed E-state index contributed by atoms with van der Waals surface area (Å²) in [6, 6.07) is 10.7. The van der Waals surface area contributed by atoms with Crippen LogP contribution >= 0.6 is 0 Å². The van der Waals surface area contributed by atoms with Crippen molar-refractivity contribution in [3.8, 4) is 0 Å². The first kappa shape index (κ1) is 12.6. The molecule has 3 rings (SSSR count). The Bertz CT molecular complexity index is 564. The summed E-state index contributed by atoms with van der Waals surface area (Å²) in [4.78, 5) is 4.43. The van der Waals surface area contributed by atoms with Crippen LogP contribution in [0.5, 0.6) is 0 Å². The third-order valence-corrected chi connectivity index (χ3v) is 3.96. The molecule has 3 nitrogen and oxygen atoms in total. The number of hydrogen-bond donors (Lipinski definition) is 1. The summed E-state index contributed by atoms with van der Waals surface area (Å²) in [6.07, 6.45) is 4.73. The highest BCUT2D eigenvalue weighted by molar-refractivity contribution is 5.82. The Labute approximate surface area is 114 Å². The van der Waals surface area contributed by atoms with Gasteiger partial charge in [-0.25, -0.2) is 0 Å². The fourth-order valence-corrected chi connectivity index (χ4v) is 3.02. The molecule has 100 valence electrons. The van der Waals surface area contributed by atoms with E-state index in [9.17, 15) is 0 Å². The zero-order valence-electron chi connectivity index (χ0n) is 11.5. The third-order valence-electron chi connectivity index (χ3n) is 3.96. The molecule has 0 radical (unpaired) electrons. The smallest absolute Gasteiger partial charge is 0.0774 e. The Kier molecular flexibility index (Phi) is 3.49. The first-order valence-corrected chi connectivity index (χ1v) is 6.96. The zero-order valence-corrected chi connectivity index (χ0v) is 11.5. The van der Waals surface area contributed by atoms with Crippen LogP contribution in [-0.2, 0) is 4.74 Å². The number of nitrogens with one attached hydrogen (secondary N) is 1. The zero-order chi connectivity index (χ0) is 13.2. The van der Waals surface area contributed by atoms with Gasteiger partial charge in [0.25, 0.3) is 0 Å². The van der Waals surface area contributed by atoms with Crippen molar-refractivity contribution >= 4 is 10.9 Å². The Morgan fingerprint density at radius 1 is 1.26 bits per heavy atom. The summed E-state index contributed by atoms with van der Waals surface area (Å²) in [6.45, 7) is 2.15. The van der Waals surface area contributed by atoms with Crippen LogP contribution < -0.4 is 5.32 Å². The van der Waals surface area contributed by atoms with E-state index in [1.807, 2.05) is 19.3 Å². The minimum Gasteiger partial charge on any atom is -0.373 e. The van der Waals surface area contributed by atoms with Crippen molar-refractivity contribution in [3.63, 3.8) is 0 Å². The van der Waals surface area contributed by atoms with E-state index in [-0.39, 0.29) is 12.1 Å². The molecule has 3 heteroatoms. The molecule has 0 spiro atoms. The summed E-state index contributed by atoms with van der Waals surface area (Å²) in [5, 5.41) is 4.64. The lowest BCUT2D eigenvalue weighted by molar-refractivity contribution is 0.0336. The van der Waals surface area contributed by atoms with Crippen LogP contribution in [0.25, 0.3) is 10.9 Å². The number of pyridine rings is 1. The van der Waals surface area contributed by atoms with E-state index < -0.39 is 0 Å². The molecule has 1 saturated heterocycles. The van der Waals surface area contributed by atoms with Crippen molar-refractivity contribution in [1.29, 1.82) is 0 Å². The van der Waals surface area contributed by atoms with Crippen molar-refractivity contribution in [1.82, 2.24) is 10.3 Å². The van der Waals surface area contributed by atoms with Crippen LogP contribution in [0, 0.1) is 0 Å². The number of rotatable bonds is 3. The second kappa shape index (κ2) is 5.27. The van der Waals surface area contributed by atoms with Gasteiger partial charge in [-0.1, -0.05) is 18.2 Å². The van der Waals surface area contributed by atoms with Gasteiger partial charge in [-0.15, -0.1) is 0 Å². The fraction of sp³-hybridized carbons (Fsp3) is 0.438. The van der Waals surface area contributed by atoms with Crippen molar-refractivity contribution < 1.29 is 4.74 Å². The molecule has 0 bridgehead atoms. The number of fused-ring (bicyclic) bond motifs is 1. The molecule has 1 aliphatic heterocycles. The molecule has 1 aromatic carbocycles. The average Bonchev–Trinajstić information content (AvgIpc) is 2.86. The SMILES string of the molecule is CNC(c1cccc2ncccc12)C1CCC(C)O1. The lowest BCUT2D eigenvalue weighted by Gasteiger charge is -2.24. The van der Waals surface area contributed by atoms with Crippen molar-refractivity contribution in [2.24, 2.45) is 0 Å². The van der Waals surface area contributed by atoms with Gasteiger partial charge in [-0.2, -0.15) is 0 Å². The lowest BCUT2D eigenvalue weighted by atomic mass is 9.95. The summed E-state index contributed by atoms with van der Waals surface area (Å²) in [5.41, 5.74) is 2.33. The second-order valence-electron chi connectivity index (χ2n) is 5.25. The highest BCUT2D eigenvalue weighted by atomic mass is 16.5. The van der Waals surface area contributed by atoms with E-state index >= 15 is 0 Å². The van der Waals surface area contributed by atoms with Crippen LogP contribution in [0.4, 0.5) is 0 Å². The summed E-state index contributed by atoms with van der Waals surface area (Å²) in [7, 11) is 2.01. The van der Waals surface area contributed by atoms with E-state index in [1.165, 1.54) is 10.9 Å². The predicted molar refractivity (Wildman–Crippen MR) is 77.1 cm³/mol. The molecule has 0 aliphatic carbocycles. The van der Waals surface area contributed by atoms with Gasteiger partial charge in [-0.05, 0) is 44.5 Å². The quantitative estimate of drug-likeness (QED) is 0.916. The van der Waals surface area contributed by atoms with Crippen LogP contribution in [0.2, 0.25) is 0 Å². The van der Waals surface area contributed by atoms with Gasteiger partial charge in [0.2, 0.25) is 0 Å². The van der Waals surface area contributed by atoms with Crippen LogP contribution in [0.15, 0.2) is 36.5 Å². The predicted octanol–water partition coefficient (Wildman–Crippen LogP) is 3.06. The van der Waals surface area contributed by atoms with Gasteiger partial charge >= 0.3 is 0 Å². The maximum atomic E-state index is 6.03. The molecule has 1 aromatic heterocycles. The van der Waals surface area contributed by atoms with E-state index in [0.29, 0.717) is 6.10 Å². The first-order valence-electron chi connectivity index (χ1n) is 6.96. The molecule has 1 fully saturated rings. The molecule has 3 unspecified atom stereocenters. The van der Waals surface area contributed by atoms with Gasteiger partial charge in [0.15, 0.2) is 0 Å². The Morgan fingerprint density at radius 2 is 2.16 bits per heavy atom. The lowest BCUT2D eigenvalue weighted by Crippen LogP contribution is -2.29. The molecule has 1 N–H and O–H groups in total. The number of benzene rings is 1. The molecule has 19 heavy (non-hydrogen) atoms. The topological polar surface area (TPSA) is 34.2 Å². The highest BCUT2D eigenvalue weighted by Crippen LogP contribution is 2.32. The number of aromatic nitrogens is 1. The fourth-order valence-electron chi connectivity index (χ4n) is 3.02. The maximum absolute atomic E-state index is 6.03. The Hall–Kier alpha value is -1.45. The largest absolute Gasteiger partial charge is 0.373 e. The molecule has 0 amide bonds. The van der Waals surface area contributed by atoms with Crippen molar-refractivity contribution in [2.45, 2.75) is 38.0 Å². The minimum absolute atomic E-state index is 0.234. The van der Waals surface area contributed by atoms with Crippen molar-refractivity contribution in [3.05, 3.63) is 42.1 Å². The monoisotopic (exact) mass is 256 g/mol. The normalized spacial score (nSPS) is 24.7. The van der Waals surface area contributed by atoms with Crippen molar-refractivity contribution in [2.75, 3.05) is 7.05 Å². The summed E-state index contributed by atoms with van der Waals surface area (Å²) in [5.74, 6) is 0. The number of nitrogens with zero attached hydrogens (tertiary/aromatic N) is 1. The molecular weight excluding hydrogens is 236 g/mol. The van der Waals surface area contributed by atoms with E-state index in [2.05, 4.69) is 41.5 Å². The number of hydrogen-bond acceptors (Lipinski definition) is 3. The van der Waals surface area contributed by atoms with Gasteiger partial charge < -0.3 is 10.1 Å². The third kappa shape index (κ3) is 2.36. The summed E-state index contributed by atoms with van der Waals surface area (Å²) < 4.78 is 6.03. The Morgan fingerprint density at radius 3 is 2.89 bits per heavy atom. The van der Waals surface area contributed by atoms with Crippen LogP contribution in [0.1, 0.15) is 31.4 Å². The maximum Gasteiger partial charge on any atom is 0.0774 e. The molecule has 2 aromatic rings. The van der Waals surface area contributed by atoms with Gasteiger partial charge in [-0.3, -0.25) is 4.98 Å². The van der Waals surface area contributed by atoms with Crippen LogP contribution in [-0.4, -0.2) is 24.2 Å². The minimum atomic E-state index is 0.234. The van der Waals surface area contributed by atoms with E-state index in [4.69, 9.17) is 4.74 Å². The molecular formula is C16H20N2O. The molecule has 2 heterocycles. The standard InChI is InChI=1S/C16H20N2O/c1-11-8-9-15(19-11)16(17-2)13-5-3-7-14-12(13)6-4-10-18-14/h3-7,10-11,15-17H,8-9H2,1-2H3. The van der Waals surface area contributed by atoms with Gasteiger partial charge in [0.1, 0.15) is 0 Å². The average molecular weight is 256 g/mol. The number of likely N-dealkylation sites (N-methyl/N-ethyl adjacent to an activating group) is 1. The Balaban J connectivity index is 2.01. The first-order chi connectivity index (χ1) is 9.29. The number of ether oxygens (including phenoxy) is 1. The van der Waals surface area contributed by atoms with E-state index in [1.54, 1.807) is 0 Å². The van der Waals surface area contributed by atoms with Gasteiger partial charge in [0.05, 0.1) is 23.8 Å². The molecule has 0 saturated carbocycles. The summed E-state index contributed by atoms with van der Waals surface area (Å²) >= 11 is 0. The molecule has 3 atom stereocenters. The highest BCUT2D eigenvalue weighted by Gasteiger charge is 2.30. The second-order valence-corrected chi connectivity index (χ2v) is 5.25. The van der Waals surface area contributed by atoms with Crippen LogP contribution in [0.3, 0.4) is 0 Å².